The molecule has 8 heteroatoms. The minimum Gasteiger partial charge on any atom is -0.406 e. The molecular formula is C24H20F3N3O2. The van der Waals surface area contributed by atoms with Gasteiger partial charge in [-0.15, -0.1) is 13.2 Å². The molecule has 0 radical (unpaired) electrons. The van der Waals surface area contributed by atoms with Crippen molar-refractivity contribution in [3.8, 4) is 5.75 Å². The van der Waals surface area contributed by atoms with Crippen molar-refractivity contribution in [3.05, 3.63) is 95.9 Å². The third kappa shape index (κ3) is 5.26. The van der Waals surface area contributed by atoms with Gasteiger partial charge in [0.2, 0.25) is 0 Å². The molecule has 1 amide bonds. The van der Waals surface area contributed by atoms with Gasteiger partial charge in [0.1, 0.15) is 5.75 Å². The van der Waals surface area contributed by atoms with Crippen molar-refractivity contribution in [1.29, 1.82) is 0 Å². The minimum atomic E-state index is -4.72. The average molecular weight is 439 g/mol. The van der Waals surface area contributed by atoms with Gasteiger partial charge in [0.15, 0.2) is 0 Å². The zero-order valence-corrected chi connectivity index (χ0v) is 17.0. The first-order valence-electron chi connectivity index (χ1n) is 9.99. The molecule has 0 spiro atoms. The number of ether oxygens (including phenoxy) is 1. The fourth-order valence-corrected chi connectivity index (χ4v) is 3.51. The molecular weight excluding hydrogens is 419 g/mol. The minimum absolute atomic E-state index is 0.183. The van der Waals surface area contributed by atoms with Crippen LogP contribution in [0.1, 0.15) is 21.5 Å². The first kappa shape index (κ1) is 21.4. The van der Waals surface area contributed by atoms with E-state index in [0.29, 0.717) is 25.1 Å². The van der Waals surface area contributed by atoms with Gasteiger partial charge in [-0.1, -0.05) is 36.4 Å². The van der Waals surface area contributed by atoms with Gasteiger partial charge in [-0.3, -0.25) is 9.78 Å². The van der Waals surface area contributed by atoms with Crippen LogP contribution in [-0.4, -0.2) is 28.4 Å². The predicted octanol–water partition coefficient (Wildman–Crippen LogP) is 4.96. The topological polar surface area (TPSA) is 56.2 Å². The Morgan fingerprint density at radius 3 is 2.50 bits per heavy atom. The van der Waals surface area contributed by atoms with E-state index in [0.717, 1.165) is 22.0 Å². The second-order valence-electron chi connectivity index (χ2n) is 7.25. The van der Waals surface area contributed by atoms with Crippen LogP contribution in [0.4, 0.5) is 13.2 Å². The number of alkyl halides is 3. The number of pyridine rings is 1. The van der Waals surface area contributed by atoms with Crippen LogP contribution in [0.25, 0.3) is 10.9 Å². The number of hydrogen-bond donors (Lipinski definition) is 1. The van der Waals surface area contributed by atoms with E-state index in [4.69, 9.17) is 0 Å². The van der Waals surface area contributed by atoms with Crippen molar-refractivity contribution in [2.75, 3.05) is 6.54 Å². The van der Waals surface area contributed by atoms with Crippen molar-refractivity contribution >= 4 is 16.8 Å². The van der Waals surface area contributed by atoms with Gasteiger partial charge in [-0.05, 0) is 41.8 Å². The fourth-order valence-electron chi connectivity index (χ4n) is 3.51. The molecule has 4 rings (SSSR count). The number of halogens is 3. The predicted molar refractivity (Wildman–Crippen MR) is 114 cm³/mol. The first-order chi connectivity index (χ1) is 15.4. The molecule has 0 saturated carbocycles. The number of benzene rings is 2. The van der Waals surface area contributed by atoms with Crippen LogP contribution >= 0.6 is 0 Å². The summed E-state index contributed by atoms with van der Waals surface area (Å²) in [6.07, 6.45) is 1.18. The number of rotatable bonds is 7. The zero-order chi connectivity index (χ0) is 22.6. The highest BCUT2D eigenvalue weighted by molar-refractivity contribution is 6.07. The van der Waals surface area contributed by atoms with Crippen LogP contribution in [0.2, 0.25) is 0 Å². The van der Waals surface area contributed by atoms with Crippen molar-refractivity contribution in [1.82, 2.24) is 14.9 Å². The number of para-hydroxylation sites is 1. The molecule has 2 heterocycles. The molecule has 0 atom stereocenters. The second-order valence-corrected chi connectivity index (χ2v) is 7.25. The van der Waals surface area contributed by atoms with E-state index in [9.17, 15) is 18.0 Å². The Bertz CT molecular complexity index is 1200. The lowest BCUT2D eigenvalue weighted by Gasteiger charge is -2.10. The Balaban J connectivity index is 1.49. The van der Waals surface area contributed by atoms with Crippen molar-refractivity contribution in [2.45, 2.75) is 19.3 Å². The number of amides is 1. The molecule has 2 aromatic heterocycles. The number of nitrogens with zero attached hydrogens (tertiary/aromatic N) is 2. The molecule has 0 saturated heterocycles. The van der Waals surface area contributed by atoms with Gasteiger partial charge in [0.05, 0.1) is 5.56 Å². The van der Waals surface area contributed by atoms with Gasteiger partial charge in [-0.25, -0.2) is 0 Å². The Kier molecular flexibility index (Phi) is 6.11. The summed E-state index contributed by atoms with van der Waals surface area (Å²) in [5.41, 5.74) is 3.22. The Morgan fingerprint density at radius 1 is 1.00 bits per heavy atom. The number of carbonyl (C=O) groups excluding carboxylic acids is 1. The number of carbonyl (C=O) groups is 1. The summed E-state index contributed by atoms with van der Waals surface area (Å²) in [7, 11) is 0. The Labute approximate surface area is 182 Å². The molecule has 0 unspecified atom stereocenters. The average Bonchev–Trinajstić information content (AvgIpc) is 3.13. The third-order valence-corrected chi connectivity index (χ3v) is 4.97. The van der Waals surface area contributed by atoms with Crippen LogP contribution in [-0.2, 0) is 13.0 Å². The van der Waals surface area contributed by atoms with E-state index in [2.05, 4.69) is 15.0 Å². The monoisotopic (exact) mass is 439 g/mol. The highest BCUT2D eigenvalue weighted by Crippen LogP contribution is 2.25. The molecule has 5 nitrogen and oxygen atoms in total. The number of fused-ring (bicyclic) bond motifs is 1. The van der Waals surface area contributed by atoms with Crippen LogP contribution in [0.3, 0.4) is 0 Å². The quantitative estimate of drug-likeness (QED) is 0.443. The van der Waals surface area contributed by atoms with E-state index < -0.39 is 6.36 Å². The van der Waals surface area contributed by atoms with E-state index in [1.54, 1.807) is 30.7 Å². The summed E-state index contributed by atoms with van der Waals surface area (Å²) in [5.74, 6) is -0.454. The molecule has 0 fully saturated rings. The van der Waals surface area contributed by atoms with Gasteiger partial charge in [0, 0.05) is 42.6 Å². The van der Waals surface area contributed by atoms with Gasteiger partial charge in [-0.2, -0.15) is 0 Å². The normalized spacial score (nSPS) is 11.5. The largest absolute Gasteiger partial charge is 0.573 e. The SMILES string of the molecule is O=C(NCCc1cccnc1)c1cn(Cc2ccc(OC(F)(F)F)cc2)c2ccccc12. The first-order valence-corrected chi connectivity index (χ1v) is 9.99. The number of aromatic nitrogens is 2. The summed E-state index contributed by atoms with van der Waals surface area (Å²) in [6, 6.07) is 17.0. The number of nitrogens with one attached hydrogen (secondary N) is 1. The maximum Gasteiger partial charge on any atom is 0.573 e. The highest BCUT2D eigenvalue weighted by atomic mass is 19.4. The molecule has 2 aromatic carbocycles. The van der Waals surface area contributed by atoms with Gasteiger partial charge in [0.25, 0.3) is 5.91 Å². The number of hydrogen-bond acceptors (Lipinski definition) is 3. The maximum absolute atomic E-state index is 12.8. The van der Waals surface area contributed by atoms with Gasteiger partial charge < -0.3 is 14.6 Å². The summed E-state index contributed by atoms with van der Waals surface area (Å²) >= 11 is 0. The van der Waals surface area contributed by atoms with Crippen molar-refractivity contribution < 1.29 is 22.7 Å². The lowest BCUT2D eigenvalue weighted by atomic mass is 10.1. The highest BCUT2D eigenvalue weighted by Gasteiger charge is 2.30. The van der Waals surface area contributed by atoms with E-state index in [1.807, 2.05) is 41.0 Å². The van der Waals surface area contributed by atoms with Crippen molar-refractivity contribution in [2.24, 2.45) is 0 Å². The summed E-state index contributed by atoms with van der Waals surface area (Å²) in [4.78, 5) is 16.9. The van der Waals surface area contributed by atoms with Crippen LogP contribution in [0.15, 0.2) is 79.3 Å². The molecule has 4 aromatic rings. The lowest BCUT2D eigenvalue weighted by molar-refractivity contribution is -0.274. The third-order valence-electron chi connectivity index (χ3n) is 4.97. The van der Waals surface area contributed by atoms with E-state index in [1.165, 1.54) is 12.1 Å². The fraction of sp³-hybridized carbons (Fsp3) is 0.167. The zero-order valence-electron chi connectivity index (χ0n) is 17.0. The summed E-state index contributed by atoms with van der Waals surface area (Å²) < 4.78 is 42.9. The summed E-state index contributed by atoms with van der Waals surface area (Å²) in [6.45, 7) is 0.875. The smallest absolute Gasteiger partial charge is 0.406 e. The Hall–Kier alpha value is -3.81. The molecule has 1 N–H and O–H groups in total. The molecule has 164 valence electrons. The maximum atomic E-state index is 12.8. The van der Waals surface area contributed by atoms with E-state index in [-0.39, 0.29) is 11.7 Å². The van der Waals surface area contributed by atoms with Crippen LogP contribution in [0, 0.1) is 0 Å². The van der Waals surface area contributed by atoms with Crippen LogP contribution < -0.4 is 10.1 Å². The molecule has 0 bridgehead atoms. The second kappa shape index (κ2) is 9.13. The Morgan fingerprint density at radius 2 is 1.78 bits per heavy atom. The van der Waals surface area contributed by atoms with Gasteiger partial charge >= 0.3 is 6.36 Å². The van der Waals surface area contributed by atoms with Crippen LogP contribution in [0.5, 0.6) is 5.75 Å². The van der Waals surface area contributed by atoms with Crippen molar-refractivity contribution in [3.63, 3.8) is 0 Å². The van der Waals surface area contributed by atoms with E-state index >= 15 is 0 Å². The molecule has 0 aliphatic carbocycles. The standard InChI is InChI=1S/C24H20F3N3O2/c25-24(26,27)32-19-9-7-18(8-10-19)15-30-16-21(20-5-1-2-6-22(20)30)23(31)29-13-11-17-4-3-12-28-14-17/h1-10,12,14,16H,11,13,15H2,(H,29,31). The molecule has 32 heavy (non-hydrogen) atoms. The molecule has 0 aliphatic heterocycles. The molecule has 0 aliphatic rings. The summed E-state index contributed by atoms with van der Waals surface area (Å²) in [5, 5.41) is 3.75. The lowest BCUT2D eigenvalue weighted by Crippen LogP contribution is -2.25.